The molecular formula is C13H9FN2O2S. The van der Waals surface area contributed by atoms with E-state index in [-0.39, 0.29) is 12.4 Å². The van der Waals surface area contributed by atoms with Gasteiger partial charge in [0.05, 0.1) is 4.88 Å². The normalized spacial score (nSPS) is 10.6. The van der Waals surface area contributed by atoms with Crippen molar-refractivity contribution in [1.82, 2.24) is 10.1 Å². The van der Waals surface area contributed by atoms with Gasteiger partial charge in [-0.05, 0) is 23.6 Å². The zero-order chi connectivity index (χ0) is 13.1. The van der Waals surface area contributed by atoms with E-state index in [0.29, 0.717) is 11.7 Å². The summed E-state index contributed by atoms with van der Waals surface area (Å²) in [5, 5.41) is 5.72. The van der Waals surface area contributed by atoms with Crippen LogP contribution in [0.5, 0.6) is 5.75 Å². The van der Waals surface area contributed by atoms with Crippen LogP contribution in [0.25, 0.3) is 10.8 Å². The smallest absolute Gasteiger partial charge is 0.268 e. The van der Waals surface area contributed by atoms with Gasteiger partial charge in [0.2, 0.25) is 5.82 Å². The quantitative estimate of drug-likeness (QED) is 0.731. The second kappa shape index (κ2) is 5.19. The van der Waals surface area contributed by atoms with Gasteiger partial charge < -0.3 is 9.26 Å². The van der Waals surface area contributed by atoms with E-state index in [2.05, 4.69) is 10.1 Å². The molecule has 0 saturated heterocycles. The third kappa shape index (κ3) is 2.63. The zero-order valence-electron chi connectivity index (χ0n) is 9.75. The number of para-hydroxylation sites is 1. The molecule has 0 spiro atoms. The summed E-state index contributed by atoms with van der Waals surface area (Å²) in [5.41, 5.74) is 0. The summed E-state index contributed by atoms with van der Waals surface area (Å²) in [6.07, 6.45) is 0. The van der Waals surface area contributed by atoms with Crippen molar-refractivity contribution < 1.29 is 13.7 Å². The number of aromatic nitrogens is 2. The van der Waals surface area contributed by atoms with E-state index >= 15 is 0 Å². The van der Waals surface area contributed by atoms with Gasteiger partial charge in [0.25, 0.3) is 5.89 Å². The Balaban J connectivity index is 1.70. The summed E-state index contributed by atoms with van der Waals surface area (Å²) in [6, 6.07) is 9.98. The Morgan fingerprint density at radius 2 is 2.11 bits per heavy atom. The van der Waals surface area contributed by atoms with Crippen molar-refractivity contribution in [1.29, 1.82) is 0 Å². The fourth-order valence-electron chi connectivity index (χ4n) is 1.52. The Morgan fingerprint density at radius 3 is 2.89 bits per heavy atom. The Labute approximate surface area is 112 Å². The molecule has 0 unspecified atom stereocenters. The summed E-state index contributed by atoms with van der Waals surface area (Å²) < 4.78 is 23.7. The van der Waals surface area contributed by atoms with Crippen molar-refractivity contribution in [3.63, 3.8) is 0 Å². The monoisotopic (exact) mass is 276 g/mol. The molecule has 1 aromatic carbocycles. The fourth-order valence-corrected chi connectivity index (χ4v) is 2.16. The first-order chi connectivity index (χ1) is 9.33. The van der Waals surface area contributed by atoms with E-state index in [1.165, 1.54) is 17.4 Å². The number of ether oxygens (including phenoxy) is 1. The van der Waals surface area contributed by atoms with E-state index in [9.17, 15) is 4.39 Å². The van der Waals surface area contributed by atoms with Gasteiger partial charge in [0, 0.05) is 0 Å². The number of hydrogen-bond acceptors (Lipinski definition) is 5. The first kappa shape index (κ1) is 11.9. The second-order valence-electron chi connectivity index (χ2n) is 3.71. The lowest BCUT2D eigenvalue weighted by atomic mass is 10.3. The van der Waals surface area contributed by atoms with Crippen LogP contribution < -0.4 is 4.74 Å². The average Bonchev–Trinajstić information content (AvgIpc) is 3.09. The average molecular weight is 276 g/mol. The highest BCUT2D eigenvalue weighted by Gasteiger charge is 2.10. The minimum atomic E-state index is -0.413. The summed E-state index contributed by atoms with van der Waals surface area (Å²) in [5.74, 6) is 0.586. The van der Waals surface area contributed by atoms with Gasteiger partial charge >= 0.3 is 0 Å². The van der Waals surface area contributed by atoms with Gasteiger partial charge in [0.1, 0.15) is 0 Å². The van der Waals surface area contributed by atoms with E-state index < -0.39 is 5.82 Å². The third-order valence-electron chi connectivity index (χ3n) is 2.39. The molecule has 0 aliphatic rings. The second-order valence-corrected chi connectivity index (χ2v) is 4.66. The van der Waals surface area contributed by atoms with E-state index in [1.54, 1.807) is 18.2 Å². The van der Waals surface area contributed by atoms with Crippen LogP contribution in [0.2, 0.25) is 0 Å². The van der Waals surface area contributed by atoms with Crippen molar-refractivity contribution in [3.8, 4) is 16.5 Å². The first-order valence-electron chi connectivity index (χ1n) is 5.57. The van der Waals surface area contributed by atoms with Gasteiger partial charge in [-0.15, -0.1) is 11.3 Å². The van der Waals surface area contributed by atoms with Crippen LogP contribution in [0.1, 0.15) is 5.82 Å². The first-order valence-corrected chi connectivity index (χ1v) is 6.45. The van der Waals surface area contributed by atoms with Crippen molar-refractivity contribution in [2.75, 3.05) is 0 Å². The molecule has 19 heavy (non-hydrogen) atoms. The molecular weight excluding hydrogens is 267 g/mol. The topological polar surface area (TPSA) is 48.2 Å². The molecule has 4 nitrogen and oxygen atoms in total. The van der Waals surface area contributed by atoms with Gasteiger partial charge in [-0.3, -0.25) is 0 Å². The Bertz CT molecular complexity index is 667. The zero-order valence-corrected chi connectivity index (χ0v) is 10.6. The van der Waals surface area contributed by atoms with E-state index in [1.807, 2.05) is 17.5 Å². The van der Waals surface area contributed by atoms with Crippen LogP contribution in [0.15, 0.2) is 46.3 Å². The van der Waals surface area contributed by atoms with Gasteiger partial charge in [-0.1, -0.05) is 23.4 Å². The lowest BCUT2D eigenvalue weighted by Gasteiger charge is -2.03. The summed E-state index contributed by atoms with van der Waals surface area (Å²) in [6.45, 7) is 0.0653. The molecule has 96 valence electrons. The minimum absolute atomic E-state index is 0.0653. The summed E-state index contributed by atoms with van der Waals surface area (Å²) in [4.78, 5) is 5.08. The number of benzene rings is 1. The van der Waals surface area contributed by atoms with Crippen molar-refractivity contribution in [2.24, 2.45) is 0 Å². The third-order valence-corrected chi connectivity index (χ3v) is 3.25. The number of rotatable bonds is 4. The molecule has 0 bridgehead atoms. The fraction of sp³-hybridized carbons (Fsp3) is 0.0769. The Morgan fingerprint density at radius 1 is 1.21 bits per heavy atom. The standard InChI is InChI=1S/C13H9FN2O2S/c14-9-4-1-2-5-10(9)17-8-12-15-13(18-16-12)11-6-3-7-19-11/h1-7H,8H2. The molecule has 0 saturated carbocycles. The highest BCUT2D eigenvalue weighted by atomic mass is 32.1. The van der Waals surface area contributed by atoms with Crippen molar-refractivity contribution >= 4 is 11.3 Å². The molecule has 0 N–H and O–H groups in total. The van der Waals surface area contributed by atoms with Crippen molar-refractivity contribution in [3.05, 3.63) is 53.4 Å². The number of nitrogens with zero attached hydrogens (tertiary/aromatic N) is 2. The molecule has 0 fully saturated rings. The van der Waals surface area contributed by atoms with E-state index in [0.717, 1.165) is 4.88 Å². The maximum absolute atomic E-state index is 13.3. The maximum atomic E-state index is 13.3. The molecule has 6 heteroatoms. The largest absolute Gasteiger partial charge is 0.482 e. The predicted octanol–water partition coefficient (Wildman–Crippen LogP) is 3.52. The summed E-state index contributed by atoms with van der Waals surface area (Å²) in [7, 11) is 0. The number of thiophene rings is 1. The van der Waals surface area contributed by atoms with Gasteiger partial charge in [-0.2, -0.15) is 4.98 Å². The van der Waals surface area contributed by atoms with Crippen LogP contribution >= 0.6 is 11.3 Å². The van der Waals surface area contributed by atoms with Gasteiger partial charge in [0.15, 0.2) is 18.2 Å². The number of halogens is 1. The van der Waals surface area contributed by atoms with Crippen LogP contribution in [-0.4, -0.2) is 10.1 Å². The lowest BCUT2D eigenvalue weighted by molar-refractivity contribution is 0.274. The molecule has 2 aromatic heterocycles. The molecule has 0 aliphatic heterocycles. The Kier molecular flexibility index (Phi) is 3.24. The Hall–Kier alpha value is -2.21. The molecule has 3 rings (SSSR count). The predicted molar refractivity (Wildman–Crippen MR) is 68.3 cm³/mol. The lowest BCUT2D eigenvalue weighted by Crippen LogP contribution is -1.99. The summed E-state index contributed by atoms with van der Waals surface area (Å²) >= 11 is 1.51. The maximum Gasteiger partial charge on any atom is 0.268 e. The number of hydrogen-bond donors (Lipinski definition) is 0. The van der Waals surface area contributed by atoms with Crippen LogP contribution in [0, 0.1) is 5.82 Å². The molecule has 0 radical (unpaired) electrons. The highest BCUT2D eigenvalue weighted by molar-refractivity contribution is 7.13. The SMILES string of the molecule is Fc1ccccc1OCc1noc(-c2cccs2)n1. The van der Waals surface area contributed by atoms with Crippen LogP contribution in [0.3, 0.4) is 0 Å². The van der Waals surface area contributed by atoms with E-state index in [4.69, 9.17) is 9.26 Å². The highest BCUT2D eigenvalue weighted by Crippen LogP contribution is 2.23. The molecule has 0 amide bonds. The molecule has 0 atom stereocenters. The van der Waals surface area contributed by atoms with Crippen molar-refractivity contribution in [2.45, 2.75) is 6.61 Å². The molecule has 2 heterocycles. The minimum Gasteiger partial charge on any atom is -0.482 e. The molecule has 0 aliphatic carbocycles. The van der Waals surface area contributed by atoms with Crippen LogP contribution in [0.4, 0.5) is 4.39 Å². The van der Waals surface area contributed by atoms with Gasteiger partial charge in [-0.25, -0.2) is 4.39 Å². The van der Waals surface area contributed by atoms with Crippen LogP contribution in [-0.2, 0) is 6.61 Å². The molecule has 3 aromatic rings.